The molecule has 2 heterocycles. The Morgan fingerprint density at radius 1 is 1.44 bits per heavy atom. The summed E-state index contributed by atoms with van der Waals surface area (Å²) >= 11 is 0. The van der Waals surface area contributed by atoms with E-state index in [2.05, 4.69) is 42.2 Å². The van der Waals surface area contributed by atoms with Gasteiger partial charge in [-0.25, -0.2) is 0 Å². The number of rotatable bonds is 4. The van der Waals surface area contributed by atoms with Crippen LogP contribution in [-0.2, 0) is 13.6 Å². The van der Waals surface area contributed by atoms with Gasteiger partial charge in [-0.2, -0.15) is 5.10 Å². The highest BCUT2D eigenvalue weighted by molar-refractivity contribution is 5.03. The maximum absolute atomic E-state index is 4.52. The Morgan fingerprint density at radius 2 is 2.17 bits per heavy atom. The molecule has 1 aliphatic heterocycles. The fraction of sp³-hybridized carbons (Fsp3) is 0.786. The Hall–Kier alpha value is -0.870. The van der Waals surface area contributed by atoms with Crippen LogP contribution in [-0.4, -0.2) is 39.4 Å². The third kappa shape index (κ3) is 2.59. The lowest BCUT2D eigenvalue weighted by Gasteiger charge is -2.49. The van der Waals surface area contributed by atoms with Gasteiger partial charge in [-0.1, -0.05) is 13.8 Å². The number of hydrogen-bond donors (Lipinski definition) is 1. The molecule has 4 nitrogen and oxygen atoms in total. The van der Waals surface area contributed by atoms with Gasteiger partial charge in [0.05, 0.1) is 5.69 Å². The topological polar surface area (TPSA) is 33.1 Å². The zero-order valence-electron chi connectivity index (χ0n) is 12.1. The Labute approximate surface area is 110 Å². The number of hydrogen-bond acceptors (Lipinski definition) is 3. The number of nitrogens with one attached hydrogen (secondary N) is 1. The van der Waals surface area contributed by atoms with Crippen molar-refractivity contribution in [2.24, 2.45) is 7.05 Å². The fourth-order valence-electron chi connectivity index (χ4n) is 2.99. The highest BCUT2D eigenvalue weighted by atomic mass is 15.3. The zero-order valence-corrected chi connectivity index (χ0v) is 12.1. The van der Waals surface area contributed by atoms with Crippen molar-refractivity contribution in [2.45, 2.75) is 51.7 Å². The molecule has 0 aromatic carbocycles. The second kappa shape index (κ2) is 5.41. The molecule has 1 atom stereocenters. The summed E-state index contributed by atoms with van der Waals surface area (Å²) < 4.78 is 1.89. The monoisotopic (exact) mass is 250 g/mol. The summed E-state index contributed by atoms with van der Waals surface area (Å²) in [5.74, 6) is 0. The SMILES string of the molecule is CCC1(CC)CNC(C)CN1Cc1ccn(C)n1. The molecule has 1 saturated heterocycles. The Balaban J connectivity index is 2.15. The molecule has 1 aliphatic rings. The molecule has 1 N–H and O–H groups in total. The minimum atomic E-state index is 0.296. The quantitative estimate of drug-likeness (QED) is 0.884. The molecule has 0 bridgehead atoms. The van der Waals surface area contributed by atoms with Crippen LogP contribution in [0.1, 0.15) is 39.3 Å². The van der Waals surface area contributed by atoms with Crippen LogP contribution >= 0.6 is 0 Å². The van der Waals surface area contributed by atoms with E-state index in [0.717, 1.165) is 19.6 Å². The lowest BCUT2D eigenvalue weighted by molar-refractivity contribution is 0.0267. The molecular weight excluding hydrogens is 224 g/mol. The first-order valence-electron chi connectivity index (χ1n) is 7.06. The second-order valence-electron chi connectivity index (χ2n) is 5.57. The first kappa shape index (κ1) is 13.6. The standard InChI is InChI=1S/C14H26N4/c1-5-14(6-2)11-15-12(3)9-18(14)10-13-7-8-17(4)16-13/h7-8,12,15H,5-6,9-11H2,1-4H3. The van der Waals surface area contributed by atoms with Crippen LogP contribution < -0.4 is 5.32 Å². The largest absolute Gasteiger partial charge is 0.311 e. The van der Waals surface area contributed by atoms with Crippen LogP contribution in [0.2, 0.25) is 0 Å². The number of nitrogens with zero attached hydrogens (tertiary/aromatic N) is 3. The van der Waals surface area contributed by atoms with E-state index in [1.54, 1.807) is 0 Å². The fourth-order valence-corrected chi connectivity index (χ4v) is 2.99. The lowest BCUT2D eigenvalue weighted by Crippen LogP contribution is -2.63. The molecule has 18 heavy (non-hydrogen) atoms. The normalized spacial score (nSPS) is 24.3. The van der Waals surface area contributed by atoms with Gasteiger partial charge in [-0.3, -0.25) is 9.58 Å². The zero-order chi connectivity index (χ0) is 13.2. The summed E-state index contributed by atoms with van der Waals surface area (Å²) in [7, 11) is 1.98. The smallest absolute Gasteiger partial charge is 0.0764 e. The van der Waals surface area contributed by atoms with Gasteiger partial charge < -0.3 is 5.32 Å². The van der Waals surface area contributed by atoms with E-state index in [9.17, 15) is 0 Å². The summed E-state index contributed by atoms with van der Waals surface area (Å²) in [4.78, 5) is 2.62. The highest BCUT2D eigenvalue weighted by Crippen LogP contribution is 2.28. The van der Waals surface area contributed by atoms with Crippen LogP contribution in [0.15, 0.2) is 12.3 Å². The van der Waals surface area contributed by atoms with E-state index in [0.29, 0.717) is 11.6 Å². The summed E-state index contributed by atoms with van der Waals surface area (Å²) in [6, 6.07) is 2.70. The molecule has 0 radical (unpaired) electrons. The second-order valence-corrected chi connectivity index (χ2v) is 5.57. The van der Waals surface area contributed by atoms with Gasteiger partial charge in [0.1, 0.15) is 0 Å². The van der Waals surface area contributed by atoms with Crippen molar-refractivity contribution < 1.29 is 0 Å². The van der Waals surface area contributed by atoms with Crippen molar-refractivity contribution >= 4 is 0 Å². The molecule has 0 amide bonds. The van der Waals surface area contributed by atoms with Gasteiger partial charge in [0, 0.05) is 44.5 Å². The molecular formula is C14H26N4. The van der Waals surface area contributed by atoms with Crippen molar-refractivity contribution in [1.29, 1.82) is 0 Å². The van der Waals surface area contributed by atoms with E-state index in [1.165, 1.54) is 18.5 Å². The van der Waals surface area contributed by atoms with Crippen LogP contribution in [0.25, 0.3) is 0 Å². The van der Waals surface area contributed by atoms with Crippen molar-refractivity contribution in [3.05, 3.63) is 18.0 Å². The maximum Gasteiger partial charge on any atom is 0.0764 e. The molecule has 1 aromatic heterocycles. The first-order valence-corrected chi connectivity index (χ1v) is 7.06. The molecule has 1 unspecified atom stereocenters. The third-order valence-corrected chi connectivity index (χ3v) is 4.38. The van der Waals surface area contributed by atoms with Crippen molar-refractivity contribution in [2.75, 3.05) is 13.1 Å². The number of piperazine rings is 1. The van der Waals surface area contributed by atoms with Gasteiger partial charge in [0.15, 0.2) is 0 Å². The maximum atomic E-state index is 4.52. The van der Waals surface area contributed by atoms with Crippen LogP contribution in [0.3, 0.4) is 0 Å². The predicted molar refractivity (Wildman–Crippen MR) is 74.4 cm³/mol. The molecule has 0 saturated carbocycles. The molecule has 0 spiro atoms. The molecule has 4 heteroatoms. The van der Waals surface area contributed by atoms with Gasteiger partial charge in [0.2, 0.25) is 0 Å². The molecule has 1 aromatic rings. The average Bonchev–Trinajstić information content (AvgIpc) is 2.76. The van der Waals surface area contributed by atoms with Crippen LogP contribution in [0.4, 0.5) is 0 Å². The van der Waals surface area contributed by atoms with E-state index >= 15 is 0 Å². The summed E-state index contributed by atoms with van der Waals surface area (Å²) in [6.45, 7) is 10.0. The highest BCUT2D eigenvalue weighted by Gasteiger charge is 2.37. The Bertz CT molecular complexity index is 381. The minimum absolute atomic E-state index is 0.296. The van der Waals surface area contributed by atoms with Crippen molar-refractivity contribution in [3.8, 4) is 0 Å². The van der Waals surface area contributed by atoms with Crippen molar-refractivity contribution in [1.82, 2.24) is 20.0 Å². The molecule has 102 valence electrons. The summed E-state index contributed by atoms with van der Waals surface area (Å²) in [6.07, 6.45) is 4.41. The van der Waals surface area contributed by atoms with Crippen molar-refractivity contribution in [3.63, 3.8) is 0 Å². The van der Waals surface area contributed by atoms with E-state index in [1.807, 2.05) is 17.9 Å². The third-order valence-electron chi connectivity index (χ3n) is 4.38. The Morgan fingerprint density at radius 3 is 2.72 bits per heavy atom. The van der Waals surface area contributed by atoms with Gasteiger partial charge >= 0.3 is 0 Å². The minimum Gasteiger partial charge on any atom is -0.311 e. The average molecular weight is 250 g/mol. The summed E-state index contributed by atoms with van der Waals surface area (Å²) in [5.41, 5.74) is 1.47. The molecule has 0 aliphatic carbocycles. The predicted octanol–water partition coefficient (Wildman–Crippen LogP) is 1.77. The Kier molecular flexibility index (Phi) is 4.07. The van der Waals surface area contributed by atoms with E-state index in [-0.39, 0.29) is 0 Å². The number of aryl methyl sites for hydroxylation is 1. The van der Waals surface area contributed by atoms with Gasteiger partial charge in [-0.15, -0.1) is 0 Å². The summed E-state index contributed by atoms with van der Waals surface area (Å²) in [5, 5.41) is 8.15. The van der Waals surface area contributed by atoms with E-state index < -0.39 is 0 Å². The molecule has 1 fully saturated rings. The van der Waals surface area contributed by atoms with Crippen LogP contribution in [0.5, 0.6) is 0 Å². The van der Waals surface area contributed by atoms with E-state index in [4.69, 9.17) is 0 Å². The number of aromatic nitrogens is 2. The lowest BCUT2D eigenvalue weighted by atomic mass is 9.87. The molecule has 2 rings (SSSR count). The van der Waals surface area contributed by atoms with Gasteiger partial charge in [0.25, 0.3) is 0 Å². The van der Waals surface area contributed by atoms with Gasteiger partial charge in [-0.05, 0) is 25.8 Å². The first-order chi connectivity index (χ1) is 8.59. The van der Waals surface area contributed by atoms with Crippen LogP contribution in [0, 0.1) is 0 Å².